The van der Waals surface area contributed by atoms with Gasteiger partial charge in [-0.1, -0.05) is 0 Å². The number of hydrogen-bond acceptors (Lipinski definition) is 1. The standard InChI is InChI=1S/C12H19NO/c1-13-12(14)11-9-3-7-2-8(5-9)6-10(11)4-7/h7-11H,2-6H2,1H3,(H,13,14). The summed E-state index contributed by atoms with van der Waals surface area (Å²) in [6.45, 7) is 0. The lowest BCUT2D eigenvalue weighted by atomic mass is 9.51. The van der Waals surface area contributed by atoms with Crippen LogP contribution in [0.2, 0.25) is 0 Å². The lowest BCUT2D eigenvalue weighted by Crippen LogP contribution is -2.50. The highest BCUT2D eigenvalue weighted by Gasteiger charge is 2.50. The minimum atomic E-state index is 0.318. The van der Waals surface area contributed by atoms with E-state index in [9.17, 15) is 4.79 Å². The van der Waals surface area contributed by atoms with Crippen molar-refractivity contribution in [2.24, 2.45) is 29.6 Å². The molecule has 1 N–H and O–H groups in total. The number of carbonyl (C=O) groups excluding carboxylic acids is 1. The second-order valence-corrected chi connectivity index (χ2v) is 5.57. The minimum absolute atomic E-state index is 0.318. The molecule has 0 saturated heterocycles. The predicted octanol–water partition coefficient (Wildman–Crippen LogP) is 1.80. The molecule has 2 heteroatoms. The van der Waals surface area contributed by atoms with Crippen LogP contribution in [0, 0.1) is 29.6 Å². The maximum Gasteiger partial charge on any atom is 0.223 e. The van der Waals surface area contributed by atoms with Crippen LogP contribution in [-0.4, -0.2) is 13.0 Å². The van der Waals surface area contributed by atoms with Crippen LogP contribution in [0.4, 0.5) is 0 Å². The molecule has 0 aromatic carbocycles. The van der Waals surface area contributed by atoms with Crippen molar-refractivity contribution in [1.82, 2.24) is 5.32 Å². The van der Waals surface area contributed by atoms with Gasteiger partial charge in [-0.25, -0.2) is 0 Å². The molecule has 4 bridgehead atoms. The van der Waals surface area contributed by atoms with Crippen molar-refractivity contribution in [3.63, 3.8) is 0 Å². The first-order valence-corrected chi connectivity index (χ1v) is 5.99. The molecule has 0 aromatic heterocycles. The van der Waals surface area contributed by atoms with Crippen LogP contribution >= 0.6 is 0 Å². The van der Waals surface area contributed by atoms with Gasteiger partial charge in [-0.2, -0.15) is 0 Å². The largest absolute Gasteiger partial charge is 0.359 e. The molecule has 4 rings (SSSR count). The third kappa shape index (κ3) is 1.12. The van der Waals surface area contributed by atoms with E-state index < -0.39 is 0 Å². The summed E-state index contributed by atoms with van der Waals surface area (Å²) in [6.07, 6.45) is 6.82. The van der Waals surface area contributed by atoms with Gasteiger partial charge in [-0.15, -0.1) is 0 Å². The van der Waals surface area contributed by atoms with Crippen LogP contribution in [-0.2, 0) is 4.79 Å². The van der Waals surface area contributed by atoms with Crippen LogP contribution in [0.3, 0.4) is 0 Å². The Morgan fingerprint density at radius 2 is 1.50 bits per heavy atom. The summed E-state index contributed by atoms with van der Waals surface area (Å²) in [5.41, 5.74) is 0. The summed E-state index contributed by atoms with van der Waals surface area (Å²) in [6, 6.07) is 0. The third-order valence-corrected chi connectivity index (χ3v) is 4.78. The van der Waals surface area contributed by atoms with E-state index in [2.05, 4.69) is 5.32 Å². The van der Waals surface area contributed by atoms with Crippen molar-refractivity contribution in [3.8, 4) is 0 Å². The highest BCUT2D eigenvalue weighted by molar-refractivity contribution is 5.79. The van der Waals surface area contributed by atoms with Crippen molar-refractivity contribution < 1.29 is 4.79 Å². The quantitative estimate of drug-likeness (QED) is 0.676. The highest BCUT2D eigenvalue weighted by atomic mass is 16.1. The van der Waals surface area contributed by atoms with Crippen LogP contribution in [0.1, 0.15) is 32.1 Å². The lowest BCUT2D eigenvalue weighted by molar-refractivity contribution is -0.137. The van der Waals surface area contributed by atoms with Gasteiger partial charge in [-0.3, -0.25) is 4.79 Å². The predicted molar refractivity (Wildman–Crippen MR) is 54.6 cm³/mol. The Kier molecular flexibility index (Phi) is 1.86. The Labute approximate surface area is 85.4 Å². The molecule has 0 unspecified atom stereocenters. The number of amides is 1. The number of hydrogen-bond donors (Lipinski definition) is 1. The van der Waals surface area contributed by atoms with Gasteiger partial charge in [0.2, 0.25) is 5.91 Å². The highest BCUT2D eigenvalue weighted by Crippen LogP contribution is 2.56. The summed E-state index contributed by atoms with van der Waals surface area (Å²) >= 11 is 0. The Morgan fingerprint density at radius 1 is 1.00 bits per heavy atom. The van der Waals surface area contributed by atoms with Crippen LogP contribution in [0.5, 0.6) is 0 Å². The smallest absolute Gasteiger partial charge is 0.223 e. The lowest BCUT2D eigenvalue weighted by Gasteiger charge is -2.53. The Balaban J connectivity index is 1.84. The third-order valence-electron chi connectivity index (χ3n) is 4.78. The van der Waals surface area contributed by atoms with Crippen molar-refractivity contribution in [2.75, 3.05) is 7.05 Å². The van der Waals surface area contributed by atoms with E-state index >= 15 is 0 Å². The van der Waals surface area contributed by atoms with Gasteiger partial charge < -0.3 is 5.32 Å². The zero-order valence-electron chi connectivity index (χ0n) is 8.83. The molecule has 4 saturated carbocycles. The molecular formula is C12H19NO. The van der Waals surface area contributed by atoms with Gasteiger partial charge in [0.25, 0.3) is 0 Å². The maximum atomic E-state index is 11.8. The van der Waals surface area contributed by atoms with Gasteiger partial charge in [-0.05, 0) is 55.8 Å². The first-order chi connectivity index (χ1) is 6.78. The van der Waals surface area contributed by atoms with Crippen LogP contribution in [0.15, 0.2) is 0 Å². The van der Waals surface area contributed by atoms with Gasteiger partial charge >= 0.3 is 0 Å². The van der Waals surface area contributed by atoms with Gasteiger partial charge in [0.1, 0.15) is 0 Å². The van der Waals surface area contributed by atoms with E-state index in [0.717, 1.165) is 23.7 Å². The van der Waals surface area contributed by atoms with Gasteiger partial charge in [0.05, 0.1) is 0 Å². The first-order valence-electron chi connectivity index (χ1n) is 5.99. The Hall–Kier alpha value is -0.530. The monoisotopic (exact) mass is 193 g/mol. The summed E-state index contributed by atoms with van der Waals surface area (Å²) in [7, 11) is 1.79. The van der Waals surface area contributed by atoms with E-state index in [1.54, 1.807) is 7.05 Å². The summed E-state index contributed by atoms with van der Waals surface area (Å²) in [4.78, 5) is 11.8. The molecule has 78 valence electrons. The molecular weight excluding hydrogens is 174 g/mol. The number of nitrogens with one attached hydrogen (secondary N) is 1. The van der Waals surface area contributed by atoms with E-state index in [0.29, 0.717) is 11.8 Å². The van der Waals surface area contributed by atoms with Crippen LogP contribution < -0.4 is 5.32 Å². The Morgan fingerprint density at radius 3 is 1.93 bits per heavy atom. The molecule has 0 aromatic rings. The molecule has 0 spiro atoms. The van der Waals surface area contributed by atoms with E-state index in [-0.39, 0.29) is 0 Å². The second-order valence-electron chi connectivity index (χ2n) is 5.57. The molecule has 4 fully saturated rings. The first kappa shape index (κ1) is 8.75. The maximum absolute atomic E-state index is 11.8. The molecule has 1 amide bonds. The van der Waals surface area contributed by atoms with Gasteiger partial charge in [0, 0.05) is 13.0 Å². The second kappa shape index (κ2) is 2.98. The van der Waals surface area contributed by atoms with Gasteiger partial charge in [0.15, 0.2) is 0 Å². The molecule has 0 aliphatic heterocycles. The molecule has 2 nitrogen and oxygen atoms in total. The van der Waals surface area contributed by atoms with Crippen molar-refractivity contribution in [1.29, 1.82) is 0 Å². The average Bonchev–Trinajstić information content (AvgIpc) is 2.15. The molecule has 0 heterocycles. The number of rotatable bonds is 1. The number of carbonyl (C=O) groups is 1. The molecule has 14 heavy (non-hydrogen) atoms. The fourth-order valence-electron chi connectivity index (χ4n) is 4.52. The van der Waals surface area contributed by atoms with E-state index in [1.807, 2.05) is 0 Å². The fourth-order valence-corrected chi connectivity index (χ4v) is 4.52. The summed E-state index contributed by atoms with van der Waals surface area (Å²) < 4.78 is 0. The van der Waals surface area contributed by atoms with Crippen molar-refractivity contribution in [3.05, 3.63) is 0 Å². The average molecular weight is 193 g/mol. The van der Waals surface area contributed by atoms with E-state index in [4.69, 9.17) is 0 Å². The van der Waals surface area contributed by atoms with Crippen LogP contribution in [0.25, 0.3) is 0 Å². The summed E-state index contributed by atoms with van der Waals surface area (Å²) in [5, 5.41) is 2.85. The normalized spacial score (nSPS) is 49.4. The molecule has 0 radical (unpaired) electrons. The zero-order chi connectivity index (χ0) is 9.71. The van der Waals surface area contributed by atoms with E-state index in [1.165, 1.54) is 32.1 Å². The fraction of sp³-hybridized carbons (Fsp3) is 0.917. The minimum Gasteiger partial charge on any atom is -0.359 e. The molecule has 4 aliphatic rings. The zero-order valence-corrected chi connectivity index (χ0v) is 8.83. The Bertz CT molecular complexity index is 233. The summed E-state index contributed by atoms with van der Waals surface area (Å²) in [5.74, 6) is 4.08. The SMILES string of the molecule is CNC(=O)C1C2CC3CC(C2)CC1C3. The van der Waals surface area contributed by atoms with Crippen molar-refractivity contribution in [2.45, 2.75) is 32.1 Å². The topological polar surface area (TPSA) is 29.1 Å². The molecule has 0 atom stereocenters. The van der Waals surface area contributed by atoms with Crippen molar-refractivity contribution >= 4 is 5.91 Å². The molecule has 4 aliphatic carbocycles.